The molecule has 0 atom stereocenters. The summed E-state index contributed by atoms with van der Waals surface area (Å²) in [6, 6.07) is 0. The number of rotatable bonds is 2. The molecule has 0 aliphatic heterocycles. The minimum Gasteiger partial charge on any atom is -0.290 e. The van der Waals surface area contributed by atoms with Gasteiger partial charge in [-0.05, 0) is 57.4 Å². The predicted octanol–water partition coefficient (Wildman–Crippen LogP) is 3.36. The third-order valence-corrected chi connectivity index (χ3v) is 3.20. The van der Waals surface area contributed by atoms with Gasteiger partial charge in [0.1, 0.15) is 0 Å². The Kier molecular flexibility index (Phi) is 2.52. The van der Waals surface area contributed by atoms with Crippen LogP contribution in [-0.4, -0.2) is 12.3 Å². The largest absolute Gasteiger partial charge is 0.290 e. The Hall–Kier alpha value is -0.590. The molecular weight excluding hydrogens is 158 g/mol. The van der Waals surface area contributed by atoms with Gasteiger partial charge in [-0.1, -0.05) is 5.57 Å². The zero-order valence-corrected chi connectivity index (χ0v) is 8.77. The van der Waals surface area contributed by atoms with E-state index < -0.39 is 0 Å². The third-order valence-electron chi connectivity index (χ3n) is 3.20. The molecule has 72 valence electrons. The standard InChI is InChI=1S/C12H19N/c1-3-13-12-6-4-5-11(12)9(2)10-7-8-10/h10H,3-8H2,1-2H3/b11-9+,13-12-. The van der Waals surface area contributed by atoms with E-state index in [0.717, 1.165) is 12.5 Å². The molecule has 0 aromatic heterocycles. The first kappa shape index (κ1) is 8.98. The van der Waals surface area contributed by atoms with Crippen molar-refractivity contribution in [3.63, 3.8) is 0 Å². The van der Waals surface area contributed by atoms with Gasteiger partial charge in [0.2, 0.25) is 0 Å². The van der Waals surface area contributed by atoms with E-state index in [1.54, 1.807) is 11.1 Å². The molecule has 1 heteroatoms. The van der Waals surface area contributed by atoms with Gasteiger partial charge in [0.15, 0.2) is 0 Å². The van der Waals surface area contributed by atoms with Crippen molar-refractivity contribution in [3.8, 4) is 0 Å². The highest BCUT2D eigenvalue weighted by Crippen LogP contribution is 2.40. The van der Waals surface area contributed by atoms with E-state index in [1.807, 2.05) is 0 Å². The summed E-state index contributed by atoms with van der Waals surface area (Å²) in [6.45, 7) is 5.41. The van der Waals surface area contributed by atoms with Crippen molar-refractivity contribution >= 4 is 5.71 Å². The fraction of sp³-hybridized carbons (Fsp3) is 0.750. The molecule has 0 saturated heterocycles. The lowest BCUT2D eigenvalue weighted by atomic mass is 10.0. The van der Waals surface area contributed by atoms with Crippen LogP contribution in [0, 0.1) is 5.92 Å². The maximum Gasteiger partial charge on any atom is 0.0379 e. The van der Waals surface area contributed by atoms with Gasteiger partial charge in [0, 0.05) is 12.3 Å². The van der Waals surface area contributed by atoms with Crippen LogP contribution in [0.1, 0.15) is 46.0 Å². The Morgan fingerprint density at radius 2 is 2.15 bits per heavy atom. The molecule has 0 bridgehead atoms. The Bertz CT molecular complexity index is 256. The first-order valence-electron chi connectivity index (χ1n) is 5.56. The van der Waals surface area contributed by atoms with Crippen LogP contribution in [0.3, 0.4) is 0 Å². The van der Waals surface area contributed by atoms with Crippen LogP contribution in [0.25, 0.3) is 0 Å². The average molecular weight is 177 g/mol. The van der Waals surface area contributed by atoms with Crippen LogP contribution in [0.4, 0.5) is 0 Å². The van der Waals surface area contributed by atoms with E-state index >= 15 is 0 Å². The monoisotopic (exact) mass is 177 g/mol. The second-order valence-electron chi connectivity index (χ2n) is 4.21. The summed E-state index contributed by atoms with van der Waals surface area (Å²) >= 11 is 0. The molecule has 0 amide bonds. The average Bonchev–Trinajstić information content (AvgIpc) is 2.87. The highest BCUT2D eigenvalue weighted by molar-refractivity contribution is 6.02. The molecule has 2 saturated carbocycles. The van der Waals surface area contributed by atoms with Gasteiger partial charge in [-0.2, -0.15) is 0 Å². The molecule has 2 aliphatic carbocycles. The SMILES string of the molecule is CC/N=C1/CCC/C1=C(/C)C1CC1. The van der Waals surface area contributed by atoms with E-state index in [9.17, 15) is 0 Å². The van der Waals surface area contributed by atoms with Crippen LogP contribution in [0.15, 0.2) is 16.1 Å². The molecule has 1 nitrogen and oxygen atoms in total. The smallest absolute Gasteiger partial charge is 0.0379 e. The van der Waals surface area contributed by atoms with Crippen LogP contribution in [0.5, 0.6) is 0 Å². The summed E-state index contributed by atoms with van der Waals surface area (Å²) < 4.78 is 0. The van der Waals surface area contributed by atoms with Gasteiger partial charge in [0.25, 0.3) is 0 Å². The molecule has 13 heavy (non-hydrogen) atoms. The fourth-order valence-electron chi connectivity index (χ4n) is 2.28. The lowest BCUT2D eigenvalue weighted by molar-refractivity contribution is 0.912. The Morgan fingerprint density at radius 3 is 2.77 bits per heavy atom. The maximum atomic E-state index is 4.60. The molecule has 2 fully saturated rings. The van der Waals surface area contributed by atoms with Crippen molar-refractivity contribution in [3.05, 3.63) is 11.1 Å². The van der Waals surface area contributed by atoms with Crippen molar-refractivity contribution in [2.75, 3.05) is 6.54 Å². The molecule has 0 heterocycles. The van der Waals surface area contributed by atoms with E-state index in [1.165, 1.54) is 37.8 Å². The van der Waals surface area contributed by atoms with Crippen LogP contribution in [0.2, 0.25) is 0 Å². The first-order chi connectivity index (χ1) is 6.33. The summed E-state index contributed by atoms with van der Waals surface area (Å²) in [5.74, 6) is 0.926. The van der Waals surface area contributed by atoms with Crippen LogP contribution >= 0.6 is 0 Å². The number of aliphatic imine (C=N–C) groups is 1. The Labute approximate surface area is 80.9 Å². The summed E-state index contributed by atoms with van der Waals surface area (Å²) in [4.78, 5) is 4.60. The van der Waals surface area contributed by atoms with Crippen molar-refractivity contribution in [2.45, 2.75) is 46.0 Å². The highest BCUT2D eigenvalue weighted by Gasteiger charge is 2.28. The summed E-state index contributed by atoms with van der Waals surface area (Å²) in [5.41, 5.74) is 4.70. The van der Waals surface area contributed by atoms with E-state index in [4.69, 9.17) is 0 Å². The van der Waals surface area contributed by atoms with Gasteiger partial charge >= 0.3 is 0 Å². The molecule has 2 rings (SSSR count). The fourth-order valence-corrected chi connectivity index (χ4v) is 2.28. The van der Waals surface area contributed by atoms with E-state index in [2.05, 4.69) is 18.8 Å². The predicted molar refractivity (Wildman–Crippen MR) is 57.3 cm³/mol. The number of nitrogens with zero attached hydrogens (tertiary/aromatic N) is 1. The molecule has 0 N–H and O–H groups in total. The van der Waals surface area contributed by atoms with Gasteiger partial charge in [-0.3, -0.25) is 4.99 Å². The van der Waals surface area contributed by atoms with Crippen LogP contribution in [-0.2, 0) is 0 Å². The molecule has 0 radical (unpaired) electrons. The Morgan fingerprint density at radius 1 is 1.38 bits per heavy atom. The van der Waals surface area contributed by atoms with Crippen molar-refractivity contribution in [1.82, 2.24) is 0 Å². The Balaban J connectivity index is 2.20. The van der Waals surface area contributed by atoms with Crippen molar-refractivity contribution in [2.24, 2.45) is 10.9 Å². The van der Waals surface area contributed by atoms with E-state index in [0.29, 0.717) is 0 Å². The van der Waals surface area contributed by atoms with Crippen LogP contribution < -0.4 is 0 Å². The first-order valence-corrected chi connectivity index (χ1v) is 5.56. The number of hydrogen-bond donors (Lipinski definition) is 0. The zero-order valence-electron chi connectivity index (χ0n) is 8.77. The maximum absolute atomic E-state index is 4.60. The second-order valence-corrected chi connectivity index (χ2v) is 4.21. The van der Waals surface area contributed by atoms with Gasteiger partial charge in [-0.25, -0.2) is 0 Å². The molecule has 0 unspecified atom stereocenters. The van der Waals surface area contributed by atoms with Crippen molar-refractivity contribution in [1.29, 1.82) is 0 Å². The minimum absolute atomic E-state index is 0.926. The van der Waals surface area contributed by atoms with Gasteiger partial charge in [-0.15, -0.1) is 0 Å². The normalized spacial score (nSPS) is 29.8. The van der Waals surface area contributed by atoms with Gasteiger partial charge < -0.3 is 0 Å². The lowest BCUT2D eigenvalue weighted by Gasteiger charge is -2.05. The summed E-state index contributed by atoms with van der Waals surface area (Å²) in [6.07, 6.45) is 6.70. The molecule has 2 aliphatic rings. The lowest BCUT2D eigenvalue weighted by Crippen LogP contribution is -1.99. The van der Waals surface area contributed by atoms with Crippen molar-refractivity contribution < 1.29 is 0 Å². The summed E-state index contributed by atoms with van der Waals surface area (Å²) in [7, 11) is 0. The topological polar surface area (TPSA) is 12.4 Å². The van der Waals surface area contributed by atoms with Gasteiger partial charge in [0.05, 0.1) is 0 Å². The third kappa shape index (κ3) is 1.84. The summed E-state index contributed by atoms with van der Waals surface area (Å²) in [5, 5.41) is 0. The number of hydrogen-bond acceptors (Lipinski definition) is 1. The highest BCUT2D eigenvalue weighted by atomic mass is 14.7. The molecular formula is C12H19N. The molecule has 0 aromatic rings. The quantitative estimate of drug-likeness (QED) is 0.613. The molecule has 0 aromatic carbocycles. The molecule has 0 spiro atoms. The minimum atomic E-state index is 0.926. The number of allylic oxidation sites excluding steroid dienone is 2. The zero-order chi connectivity index (χ0) is 9.26. The second kappa shape index (κ2) is 3.65. The van der Waals surface area contributed by atoms with E-state index in [-0.39, 0.29) is 0 Å².